The van der Waals surface area contributed by atoms with Crippen LogP contribution in [-0.4, -0.2) is 17.5 Å². The summed E-state index contributed by atoms with van der Waals surface area (Å²) in [5.74, 6) is -0.473. The van der Waals surface area contributed by atoms with E-state index in [1.165, 1.54) is 0 Å². The maximum Gasteiger partial charge on any atom is 0.224 e. The molecule has 0 saturated carbocycles. The van der Waals surface area contributed by atoms with Crippen LogP contribution in [0.15, 0.2) is 54.1 Å². The van der Waals surface area contributed by atoms with Crippen molar-refractivity contribution < 1.29 is 14.4 Å². The van der Waals surface area contributed by atoms with Crippen LogP contribution in [0.5, 0.6) is 0 Å². The van der Waals surface area contributed by atoms with E-state index in [2.05, 4.69) is 12.2 Å². The topological polar surface area (TPSA) is 63.2 Å². The lowest BCUT2D eigenvalue weighted by atomic mass is 10.1. The molecule has 1 amide bonds. The Hall–Kier alpha value is -3.01. The van der Waals surface area contributed by atoms with Gasteiger partial charge in [-0.05, 0) is 30.2 Å². The highest BCUT2D eigenvalue weighted by molar-refractivity contribution is 6.41. The fraction of sp³-hybridized carbons (Fsp3) is 0.227. The van der Waals surface area contributed by atoms with Crippen LogP contribution < -0.4 is 5.32 Å². The second kappa shape index (κ2) is 7.91. The van der Waals surface area contributed by atoms with Gasteiger partial charge in [-0.2, -0.15) is 0 Å². The van der Waals surface area contributed by atoms with Gasteiger partial charge in [-0.25, -0.2) is 0 Å². The summed E-state index contributed by atoms with van der Waals surface area (Å²) in [7, 11) is 0. The van der Waals surface area contributed by atoms with Crippen molar-refractivity contribution in [2.75, 3.05) is 5.32 Å². The molecule has 1 aliphatic carbocycles. The SMILES string of the molecule is CCCCCC(=O)Nc1ccc(C=C2C(=O)c3ccccc3C2=O)cc1. The average molecular weight is 347 g/mol. The quantitative estimate of drug-likeness (QED) is 0.469. The second-order valence-electron chi connectivity index (χ2n) is 6.39. The van der Waals surface area contributed by atoms with Crippen molar-refractivity contribution in [2.24, 2.45) is 0 Å². The number of unbranched alkanes of at least 4 members (excludes halogenated alkanes) is 2. The fourth-order valence-corrected chi connectivity index (χ4v) is 2.99. The number of Topliss-reactive ketones (excluding diaryl/α,β-unsaturated/α-hetero) is 2. The molecule has 0 spiro atoms. The molecule has 0 unspecified atom stereocenters. The van der Waals surface area contributed by atoms with Gasteiger partial charge in [0.2, 0.25) is 5.91 Å². The Kier molecular flexibility index (Phi) is 5.42. The fourth-order valence-electron chi connectivity index (χ4n) is 2.99. The minimum absolute atomic E-state index is 0.00107. The van der Waals surface area contributed by atoms with Gasteiger partial charge in [-0.3, -0.25) is 14.4 Å². The lowest BCUT2D eigenvalue weighted by molar-refractivity contribution is -0.116. The zero-order valence-electron chi connectivity index (χ0n) is 14.7. The summed E-state index contributed by atoms with van der Waals surface area (Å²) in [6.07, 6.45) is 5.14. The molecule has 0 atom stereocenters. The lowest BCUT2D eigenvalue weighted by Gasteiger charge is -2.05. The molecule has 0 fully saturated rings. The Bertz CT molecular complexity index is 842. The molecule has 4 nitrogen and oxygen atoms in total. The maximum atomic E-state index is 12.4. The largest absolute Gasteiger partial charge is 0.326 e. The van der Waals surface area contributed by atoms with Crippen molar-refractivity contribution in [2.45, 2.75) is 32.6 Å². The van der Waals surface area contributed by atoms with E-state index in [1.807, 2.05) is 0 Å². The third-order valence-corrected chi connectivity index (χ3v) is 4.42. The van der Waals surface area contributed by atoms with Gasteiger partial charge in [0.25, 0.3) is 0 Å². The number of allylic oxidation sites excluding steroid dienone is 1. The number of anilines is 1. The first-order valence-corrected chi connectivity index (χ1v) is 8.90. The van der Waals surface area contributed by atoms with Crippen LogP contribution >= 0.6 is 0 Å². The van der Waals surface area contributed by atoms with Crippen LogP contribution in [0, 0.1) is 0 Å². The number of benzene rings is 2. The van der Waals surface area contributed by atoms with Crippen molar-refractivity contribution in [3.8, 4) is 0 Å². The number of fused-ring (bicyclic) bond motifs is 1. The third kappa shape index (κ3) is 3.80. The number of carbonyl (C=O) groups is 3. The zero-order valence-corrected chi connectivity index (χ0v) is 14.7. The van der Waals surface area contributed by atoms with Gasteiger partial charge in [0.15, 0.2) is 11.6 Å². The molecule has 1 N–H and O–H groups in total. The van der Waals surface area contributed by atoms with Gasteiger partial charge in [0, 0.05) is 23.2 Å². The van der Waals surface area contributed by atoms with Crippen LogP contribution in [0.1, 0.15) is 58.9 Å². The van der Waals surface area contributed by atoms with Crippen LogP contribution in [0.3, 0.4) is 0 Å². The standard InChI is InChI=1S/C22H21NO3/c1-2-3-4-9-20(24)23-16-12-10-15(11-13-16)14-19-21(25)17-7-5-6-8-18(17)22(19)26/h5-8,10-14H,2-4,9H2,1H3,(H,23,24). The second-order valence-corrected chi connectivity index (χ2v) is 6.39. The highest BCUT2D eigenvalue weighted by Gasteiger charge is 2.32. The molecule has 132 valence electrons. The summed E-state index contributed by atoms with van der Waals surface area (Å²) in [6, 6.07) is 14.0. The van der Waals surface area contributed by atoms with Crippen molar-refractivity contribution in [3.05, 3.63) is 70.8 Å². The first-order chi connectivity index (χ1) is 12.6. The average Bonchev–Trinajstić information content (AvgIpc) is 2.89. The number of nitrogens with one attached hydrogen (secondary N) is 1. The lowest BCUT2D eigenvalue weighted by Crippen LogP contribution is -2.10. The highest BCUT2D eigenvalue weighted by atomic mass is 16.2. The molecule has 3 rings (SSSR count). The van der Waals surface area contributed by atoms with E-state index in [0.717, 1.165) is 24.8 Å². The van der Waals surface area contributed by atoms with Crippen molar-refractivity contribution in [1.82, 2.24) is 0 Å². The minimum Gasteiger partial charge on any atom is -0.326 e. The maximum absolute atomic E-state index is 12.4. The van der Waals surface area contributed by atoms with Gasteiger partial charge in [-0.1, -0.05) is 56.2 Å². The Balaban J connectivity index is 1.70. The molecule has 2 aromatic rings. The van der Waals surface area contributed by atoms with Gasteiger partial charge in [0.05, 0.1) is 5.57 Å². The number of hydrogen-bond acceptors (Lipinski definition) is 3. The van der Waals surface area contributed by atoms with Crippen LogP contribution in [-0.2, 0) is 4.79 Å². The summed E-state index contributed by atoms with van der Waals surface area (Å²) in [4.78, 5) is 36.7. The van der Waals surface area contributed by atoms with E-state index in [0.29, 0.717) is 23.2 Å². The Morgan fingerprint density at radius 2 is 1.54 bits per heavy atom. The van der Waals surface area contributed by atoms with Crippen LogP contribution in [0.2, 0.25) is 0 Å². The van der Waals surface area contributed by atoms with E-state index < -0.39 is 0 Å². The Morgan fingerprint density at radius 1 is 0.923 bits per heavy atom. The number of ketones is 2. The molecule has 0 aliphatic heterocycles. The van der Waals surface area contributed by atoms with Crippen molar-refractivity contribution in [3.63, 3.8) is 0 Å². The molecule has 0 heterocycles. The molecule has 1 aliphatic rings. The highest BCUT2D eigenvalue weighted by Crippen LogP contribution is 2.27. The molecular weight excluding hydrogens is 326 g/mol. The summed E-state index contributed by atoms with van der Waals surface area (Å²) >= 11 is 0. The predicted octanol–water partition coefficient (Wildman–Crippen LogP) is 4.67. The summed E-state index contributed by atoms with van der Waals surface area (Å²) in [5, 5.41) is 2.86. The third-order valence-electron chi connectivity index (χ3n) is 4.42. The van der Waals surface area contributed by atoms with E-state index in [-0.39, 0.29) is 23.0 Å². The molecule has 0 aromatic heterocycles. The molecule has 0 saturated heterocycles. The number of amides is 1. The van der Waals surface area contributed by atoms with Crippen molar-refractivity contribution >= 4 is 29.2 Å². The zero-order chi connectivity index (χ0) is 18.5. The number of rotatable bonds is 6. The molecule has 2 aromatic carbocycles. The normalized spacial score (nSPS) is 12.9. The molecule has 0 radical (unpaired) electrons. The smallest absolute Gasteiger partial charge is 0.224 e. The molecule has 4 heteroatoms. The van der Waals surface area contributed by atoms with Crippen LogP contribution in [0.4, 0.5) is 5.69 Å². The predicted molar refractivity (Wildman–Crippen MR) is 102 cm³/mol. The summed E-state index contributed by atoms with van der Waals surface area (Å²) in [6.45, 7) is 2.10. The van der Waals surface area contributed by atoms with E-state index >= 15 is 0 Å². The Labute approximate surface area is 152 Å². The van der Waals surface area contributed by atoms with Crippen molar-refractivity contribution in [1.29, 1.82) is 0 Å². The molecule has 0 bridgehead atoms. The van der Waals surface area contributed by atoms with Gasteiger partial charge < -0.3 is 5.32 Å². The van der Waals surface area contributed by atoms with Gasteiger partial charge in [0.1, 0.15) is 0 Å². The van der Waals surface area contributed by atoms with E-state index in [9.17, 15) is 14.4 Å². The first kappa shape index (κ1) is 17.8. The van der Waals surface area contributed by atoms with Gasteiger partial charge >= 0.3 is 0 Å². The molecule has 26 heavy (non-hydrogen) atoms. The Morgan fingerprint density at radius 3 is 2.12 bits per heavy atom. The van der Waals surface area contributed by atoms with Crippen LogP contribution in [0.25, 0.3) is 6.08 Å². The first-order valence-electron chi connectivity index (χ1n) is 8.90. The van der Waals surface area contributed by atoms with E-state index in [4.69, 9.17) is 0 Å². The molecular formula is C22H21NO3. The number of hydrogen-bond donors (Lipinski definition) is 1. The summed E-state index contributed by atoms with van der Waals surface area (Å²) in [5.41, 5.74) is 2.56. The number of carbonyl (C=O) groups excluding carboxylic acids is 3. The summed E-state index contributed by atoms with van der Waals surface area (Å²) < 4.78 is 0. The van der Waals surface area contributed by atoms with Gasteiger partial charge in [-0.15, -0.1) is 0 Å². The van der Waals surface area contributed by atoms with E-state index in [1.54, 1.807) is 54.6 Å². The minimum atomic E-state index is -0.237. The monoisotopic (exact) mass is 347 g/mol.